The van der Waals surface area contributed by atoms with Gasteiger partial charge in [0.25, 0.3) is 0 Å². The highest BCUT2D eigenvalue weighted by Gasteiger charge is 2.08. The molecule has 6 heteroatoms. The van der Waals surface area contributed by atoms with Gasteiger partial charge in [-0.3, -0.25) is 4.57 Å². The van der Waals surface area contributed by atoms with Gasteiger partial charge >= 0.3 is 0 Å². The molecule has 0 fully saturated rings. The lowest BCUT2D eigenvalue weighted by atomic mass is 10.2. The zero-order chi connectivity index (χ0) is 17.9. The summed E-state index contributed by atoms with van der Waals surface area (Å²) in [7, 11) is 3.56. The minimum Gasteiger partial charge on any atom is -0.497 e. The number of hydrogen-bond donors (Lipinski definition) is 1. The Bertz CT molecular complexity index is 1060. The van der Waals surface area contributed by atoms with Crippen LogP contribution in [0.25, 0.3) is 27.8 Å². The average molecular weight is 348 g/mol. The van der Waals surface area contributed by atoms with E-state index in [0.29, 0.717) is 6.61 Å². The molecule has 2 heterocycles. The number of likely N-dealkylation sites (N-methyl/N-ethyl adjacent to an activating group) is 1. The first-order chi connectivity index (χ1) is 12.8. The fourth-order valence-corrected chi connectivity index (χ4v) is 2.89. The Balaban J connectivity index is 1.68. The van der Waals surface area contributed by atoms with Crippen molar-refractivity contribution in [3.63, 3.8) is 0 Å². The van der Waals surface area contributed by atoms with Crippen molar-refractivity contribution in [1.29, 1.82) is 0 Å². The molecule has 0 aliphatic heterocycles. The van der Waals surface area contributed by atoms with E-state index in [9.17, 15) is 0 Å². The number of rotatable bonds is 6. The number of ether oxygens (including phenoxy) is 2. The van der Waals surface area contributed by atoms with Gasteiger partial charge in [0, 0.05) is 18.0 Å². The van der Waals surface area contributed by atoms with Gasteiger partial charge in [-0.25, -0.2) is 9.97 Å². The first-order valence-corrected chi connectivity index (χ1v) is 8.48. The standard InChI is InChI=1S/C20H20N4O2/c1-21-9-10-26-16-4-6-17-14(11-16)3-8-20(23-17)24-13-22-18-12-15(25-2)5-7-19(18)24/h3-8,11-13,21H,9-10H2,1-2H3. The summed E-state index contributed by atoms with van der Waals surface area (Å²) in [4.78, 5) is 9.23. The second-order valence-corrected chi connectivity index (χ2v) is 5.95. The lowest BCUT2D eigenvalue weighted by Gasteiger charge is -2.08. The van der Waals surface area contributed by atoms with Crippen LogP contribution in [0.1, 0.15) is 0 Å². The molecule has 0 unspecified atom stereocenters. The maximum Gasteiger partial charge on any atom is 0.139 e. The van der Waals surface area contributed by atoms with E-state index < -0.39 is 0 Å². The highest BCUT2D eigenvalue weighted by atomic mass is 16.5. The summed E-state index contributed by atoms with van der Waals surface area (Å²) in [6.45, 7) is 1.45. The molecule has 0 radical (unpaired) electrons. The topological polar surface area (TPSA) is 61.2 Å². The minimum absolute atomic E-state index is 0.637. The number of nitrogens with one attached hydrogen (secondary N) is 1. The van der Waals surface area contributed by atoms with Crippen LogP contribution in [0.15, 0.2) is 54.9 Å². The first-order valence-electron chi connectivity index (χ1n) is 8.48. The Hall–Kier alpha value is -3.12. The molecule has 2 aromatic heterocycles. The normalized spacial score (nSPS) is 11.2. The molecule has 2 aromatic carbocycles. The second kappa shape index (κ2) is 7.01. The predicted octanol–water partition coefficient (Wildman–Crippen LogP) is 3.18. The molecule has 0 saturated heterocycles. The Morgan fingerprint density at radius 2 is 1.88 bits per heavy atom. The van der Waals surface area contributed by atoms with E-state index in [0.717, 1.165) is 45.8 Å². The molecule has 0 saturated carbocycles. The third-order valence-corrected chi connectivity index (χ3v) is 4.27. The van der Waals surface area contributed by atoms with Crippen molar-refractivity contribution in [2.75, 3.05) is 27.3 Å². The second-order valence-electron chi connectivity index (χ2n) is 5.95. The zero-order valence-electron chi connectivity index (χ0n) is 14.8. The van der Waals surface area contributed by atoms with Gasteiger partial charge in [-0.05, 0) is 49.5 Å². The molecule has 0 aliphatic carbocycles. The van der Waals surface area contributed by atoms with E-state index >= 15 is 0 Å². The number of methoxy groups -OCH3 is 1. The van der Waals surface area contributed by atoms with Crippen LogP contribution in [0.4, 0.5) is 0 Å². The van der Waals surface area contributed by atoms with Gasteiger partial charge in [-0.15, -0.1) is 0 Å². The van der Waals surface area contributed by atoms with Gasteiger partial charge < -0.3 is 14.8 Å². The van der Waals surface area contributed by atoms with Gasteiger partial charge in [-0.2, -0.15) is 0 Å². The van der Waals surface area contributed by atoms with Crippen molar-refractivity contribution < 1.29 is 9.47 Å². The smallest absolute Gasteiger partial charge is 0.139 e. The minimum atomic E-state index is 0.637. The number of aromatic nitrogens is 3. The van der Waals surface area contributed by atoms with Gasteiger partial charge in [0.1, 0.15) is 30.3 Å². The van der Waals surface area contributed by atoms with Crippen LogP contribution < -0.4 is 14.8 Å². The lowest BCUT2D eigenvalue weighted by Crippen LogP contribution is -2.15. The van der Waals surface area contributed by atoms with E-state index in [4.69, 9.17) is 14.5 Å². The molecule has 0 atom stereocenters. The predicted molar refractivity (Wildman–Crippen MR) is 102 cm³/mol. The fraction of sp³-hybridized carbons (Fsp3) is 0.200. The molecular formula is C20H20N4O2. The zero-order valence-corrected chi connectivity index (χ0v) is 14.8. The summed E-state index contributed by atoms with van der Waals surface area (Å²) >= 11 is 0. The van der Waals surface area contributed by atoms with Gasteiger partial charge in [0.2, 0.25) is 0 Å². The van der Waals surface area contributed by atoms with Crippen molar-refractivity contribution >= 4 is 21.9 Å². The van der Waals surface area contributed by atoms with E-state index in [2.05, 4.69) is 16.4 Å². The number of hydrogen-bond acceptors (Lipinski definition) is 5. The first kappa shape index (κ1) is 16.4. The largest absolute Gasteiger partial charge is 0.497 e. The van der Waals surface area contributed by atoms with Crippen molar-refractivity contribution in [2.45, 2.75) is 0 Å². The summed E-state index contributed by atoms with van der Waals surface area (Å²) < 4.78 is 13.0. The molecule has 4 rings (SSSR count). The van der Waals surface area contributed by atoms with E-state index in [-0.39, 0.29) is 0 Å². The molecule has 26 heavy (non-hydrogen) atoms. The van der Waals surface area contributed by atoms with Crippen LogP contribution in [0, 0.1) is 0 Å². The number of pyridine rings is 1. The fourth-order valence-electron chi connectivity index (χ4n) is 2.89. The molecule has 6 nitrogen and oxygen atoms in total. The van der Waals surface area contributed by atoms with Crippen LogP contribution in [0.2, 0.25) is 0 Å². The molecule has 0 amide bonds. The molecule has 4 aromatic rings. The Labute approximate surface area is 151 Å². The lowest BCUT2D eigenvalue weighted by molar-refractivity contribution is 0.319. The average Bonchev–Trinajstić information content (AvgIpc) is 3.11. The van der Waals surface area contributed by atoms with E-state index in [1.165, 1.54) is 0 Å². The van der Waals surface area contributed by atoms with Gasteiger partial charge in [-0.1, -0.05) is 0 Å². The van der Waals surface area contributed by atoms with Crippen molar-refractivity contribution in [3.8, 4) is 17.3 Å². The Kier molecular flexibility index (Phi) is 4.41. The third kappa shape index (κ3) is 3.07. The maximum atomic E-state index is 5.72. The van der Waals surface area contributed by atoms with Crippen LogP contribution in [0.3, 0.4) is 0 Å². The quantitative estimate of drug-likeness (QED) is 0.542. The number of imidazole rings is 1. The van der Waals surface area contributed by atoms with E-state index in [1.807, 2.05) is 54.1 Å². The number of fused-ring (bicyclic) bond motifs is 2. The maximum absolute atomic E-state index is 5.72. The van der Waals surface area contributed by atoms with Crippen LogP contribution >= 0.6 is 0 Å². The Morgan fingerprint density at radius 3 is 2.73 bits per heavy atom. The molecule has 1 N–H and O–H groups in total. The highest BCUT2D eigenvalue weighted by Crippen LogP contribution is 2.24. The molecular weight excluding hydrogens is 328 g/mol. The molecule has 132 valence electrons. The molecule has 0 bridgehead atoms. The molecule has 0 spiro atoms. The van der Waals surface area contributed by atoms with Crippen molar-refractivity contribution in [1.82, 2.24) is 19.9 Å². The van der Waals surface area contributed by atoms with Crippen LogP contribution in [0.5, 0.6) is 11.5 Å². The summed E-state index contributed by atoms with van der Waals surface area (Å²) in [6, 6.07) is 15.8. The van der Waals surface area contributed by atoms with E-state index in [1.54, 1.807) is 13.4 Å². The number of nitrogens with zero attached hydrogens (tertiary/aromatic N) is 3. The number of benzene rings is 2. The summed E-state index contributed by atoms with van der Waals surface area (Å²) in [5.74, 6) is 2.47. The highest BCUT2D eigenvalue weighted by molar-refractivity contribution is 5.83. The monoisotopic (exact) mass is 348 g/mol. The van der Waals surface area contributed by atoms with Crippen LogP contribution in [-0.2, 0) is 0 Å². The summed E-state index contributed by atoms with van der Waals surface area (Å²) in [5, 5.41) is 4.11. The third-order valence-electron chi connectivity index (χ3n) is 4.27. The van der Waals surface area contributed by atoms with Crippen LogP contribution in [-0.4, -0.2) is 41.8 Å². The van der Waals surface area contributed by atoms with Crippen molar-refractivity contribution in [3.05, 3.63) is 54.9 Å². The molecule has 0 aliphatic rings. The Morgan fingerprint density at radius 1 is 1.00 bits per heavy atom. The SMILES string of the molecule is CNCCOc1ccc2nc(-n3cnc4cc(OC)ccc43)ccc2c1. The van der Waals surface area contributed by atoms with Gasteiger partial charge in [0.15, 0.2) is 0 Å². The summed E-state index contributed by atoms with van der Waals surface area (Å²) in [5.41, 5.74) is 2.78. The van der Waals surface area contributed by atoms with Gasteiger partial charge in [0.05, 0.1) is 23.7 Å². The summed E-state index contributed by atoms with van der Waals surface area (Å²) in [6.07, 6.45) is 1.79. The van der Waals surface area contributed by atoms with Crippen molar-refractivity contribution in [2.24, 2.45) is 0 Å².